The standard InChI is InChI=1S/C19H21NO7S/c1-20-8-7-19-12-5-6-14(27-28(22,23)24)17(19)26-16-11(18(21)25-2)4-3-10(15(16)19)9-13(12)20/h3-6,12-14,17H,7-9H2,1-2H3,(H,22,23,24). The zero-order valence-electron chi connectivity index (χ0n) is 15.5. The summed E-state index contributed by atoms with van der Waals surface area (Å²) in [5, 5.41) is 0. The molecular weight excluding hydrogens is 386 g/mol. The Kier molecular flexibility index (Phi) is 3.74. The number of likely N-dealkylation sites (tertiary alicyclic amines) is 1. The fraction of sp³-hybridized carbons (Fsp3) is 0.526. The van der Waals surface area contributed by atoms with Crippen molar-refractivity contribution in [3.63, 3.8) is 0 Å². The van der Waals surface area contributed by atoms with Gasteiger partial charge in [-0.05, 0) is 38.1 Å². The second kappa shape index (κ2) is 5.79. The first-order valence-electron chi connectivity index (χ1n) is 9.22. The molecule has 9 heteroatoms. The van der Waals surface area contributed by atoms with Crippen LogP contribution in [0.2, 0.25) is 0 Å². The quantitative estimate of drug-likeness (QED) is 0.452. The van der Waals surface area contributed by atoms with Crippen LogP contribution in [0.15, 0.2) is 24.3 Å². The number of carbonyl (C=O) groups excluding carboxylic acids is 1. The van der Waals surface area contributed by atoms with E-state index in [1.54, 1.807) is 12.1 Å². The van der Waals surface area contributed by atoms with Crippen LogP contribution in [0, 0.1) is 5.92 Å². The van der Waals surface area contributed by atoms with Crippen molar-refractivity contribution < 1.29 is 31.4 Å². The molecule has 28 heavy (non-hydrogen) atoms. The van der Waals surface area contributed by atoms with Crippen LogP contribution in [0.4, 0.5) is 0 Å². The maximum absolute atomic E-state index is 12.3. The van der Waals surface area contributed by atoms with E-state index in [2.05, 4.69) is 11.9 Å². The molecule has 0 aromatic heterocycles. The van der Waals surface area contributed by atoms with Crippen LogP contribution in [-0.2, 0) is 31.2 Å². The number of carbonyl (C=O) groups is 1. The highest BCUT2D eigenvalue weighted by atomic mass is 32.3. The van der Waals surface area contributed by atoms with E-state index in [1.807, 2.05) is 12.1 Å². The molecular formula is C19H21NO7S. The fourth-order valence-corrected chi connectivity index (χ4v) is 6.17. The van der Waals surface area contributed by atoms with Crippen LogP contribution in [0.5, 0.6) is 5.75 Å². The Morgan fingerprint density at radius 3 is 2.86 bits per heavy atom. The lowest BCUT2D eigenvalue weighted by atomic mass is 9.53. The van der Waals surface area contributed by atoms with Crippen molar-refractivity contribution in [3.8, 4) is 5.75 Å². The van der Waals surface area contributed by atoms with Gasteiger partial charge in [0.2, 0.25) is 0 Å². The number of benzene rings is 1. The molecule has 2 aliphatic carbocycles. The third-order valence-corrected chi connectivity index (χ3v) is 7.25. The Morgan fingerprint density at radius 2 is 2.14 bits per heavy atom. The van der Waals surface area contributed by atoms with Gasteiger partial charge in [-0.25, -0.2) is 8.98 Å². The molecule has 1 N–H and O–H groups in total. The molecule has 5 rings (SSSR count). The molecule has 1 aromatic rings. The van der Waals surface area contributed by atoms with E-state index in [-0.39, 0.29) is 12.0 Å². The van der Waals surface area contributed by atoms with E-state index in [4.69, 9.17) is 13.7 Å². The SMILES string of the molecule is COC(=O)c1ccc2c3c1OC1C(OS(=O)(=O)O)C=CC4C(C2)N(C)CCC341. The number of esters is 1. The second-order valence-electron chi connectivity index (χ2n) is 7.95. The lowest BCUT2D eigenvalue weighted by Crippen LogP contribution is -2.65. The third-order valence-electron chi connectivity index (χ3n) is 6.79. The summed E-state index contributed by atoms with van der Waals surface area (Å²) in [6.45, 7) is 0.814. The average Bonchev–Trinajstić information content (AvgIpc) is 2.99. The number of methoxy groups -OCH3 is 1. The van der Waals surface area contributed by atoms with E-state index in [1.165, 1.54) is 7.11 Å². The number of piperidine rings is 1. The lowest BCUT2D eigenvalue weighted by molar-refractivity contribution is -0.0388. The Hall–Kier alpha value is -1.94. The molecule has 2 heterocycles. The lowest BCUT2D eigenvalue weighted by Gasteiger charge is -2.56. The van der Waals surface area contributed by atoms with Crippen LogP contribution in [0.3, 0.4) is 0 Å². The zero-order valence-corrected chi connectivity index (χ0v) is 16.3. The number of rotatable bonds is 3. The van der Waals surface area contributed by atoms with Crippen LogP contribution in [0.1, 0.15) is 27.9 Å². The first-order valence-corrected chi connectivity index (χ1v) is 10.6. The molecule has 1 saturated heterocycles. The van der Waals surface area contributed by atoms with Gasteiger partial charge < -0.3 is 14.4 Å². The molecule has 8 nitrogen and oxygen atoms in total. The predicted octanol–water partition coefficient (Wildman–Crippen LogP) is 1.11. The molecule has 1 fully saturated rings. The van der Waals surface area contributed by atoms with Crippen LogP contribution in [0.25, 0.3) is 0 Å². The van der Waals surface area contributed by atoms with Crippen molar-refractivity contribution in [2.75, 3.05) is 20.7 Å². The van der Waals surface area contributed by atoms with Crippen LogP contribution < -0.4 is 4.74 Å². The molecule has 0 radical (unpaired) electrons. The second-order valence-corrected chi connectivity index (χ2v) is 9.00. The maximum atomic E-state index is 12.3. The molecule has 2 bridgehead atoms. The van der Waals surface area contributed by atoms with Gasteiger partial charge in [-0.3, -0.25) is 4.55 Å². The molecule has 5 atom stereocenters. The van der Waals surface area contributed by atoms with Crippen molar-refractivity contribution >= 4 is 16.4 Å². The molecule has 1 spiro atoms. The van der Waals surface area contributed by atoms with Crippen LogP contribution in [-0.4, -0.2) is 62.8 Å². The largest absolute Gasteiger partial charge is 0.485 e. The summed E-state index contributed by atoms with van der Waals surface area (Å²) in [5.74, 6) is 0.0498. The Morgan fingerprint density at radius 1 is 1.36 bits per heavy atom. The Balaban J connectivity index is 1.74. The van der Waals surface area contributed by atoms with Crippen molar-refractivity contribution in [2.24, 2.45) is 5.92 Å². The van der Waals surface area contributed by atoms with Gasteiger partial charge in [0.05, 0.1) is 7.11 Å². The summed E-state index contributed by atoms with van der Waals surface area (Å²) in [5.41, 5.74) is 1.88. The van der Waals surface area contributed by atoms with Gasteiger partial charge in [-0.15, -0.1) is 0 Å². The number of nitrogens with zero attached hydrogens (tertiary/aromatic N) is 1. The summed E-state index contributed by atoms with van der Waals surface area (Å²) in [6.07, 6.45) is 3.56. The summed E-state index contributed by atoms with van der Waals surface area (Å²) >= 11 is 0. The summed E-state index contributed by atoms with van der Waals surface area (Å²) in [7, 11) is -1.26. The first kappa shape index (κ1) is 18.1. The number of hydrogen-bond acceptors (Lipinski definition) is 7. The van der Waals surface area contributed by atoms with Crippen molar-refractivity contribution in [1.29, 1.82) is 0 Å². The minimum Gasteiger partial charge on any atom is -0.485 e. The molecule has 5 unspecified atom stereocenters. The highest BCUT2D eigenvalue weighted by Crippen LogP contribution is 2.61. The van der Waals surface area contributed by atoms with E-state index in [9.17, 15) is 17.8 Å². The smallest absolute Gasteiger partial charge is 0.398 e. The fourth-order valence-electron chi connectivity index (χ4n) is 5.73. The minimum absolute atomic E-state index is 0.0964. The Labute approximate surface area is 163 Å². The third kappa shape index (κ3) is 2.27. The van der Waals surface area contributed by atoms with Gasteiger partial charge in [0, 0.05) is 22.9 Å². The highest BCUT2D eigenvalue weighted by molar-refractivity contribution is 7.80. The van der Waals surface area contributed by atoms with Gasteiger partial charge in [-0.2, -0.15) is 8.42 Å². The first-order chi connectivity index (χ1) is 13.3. The van der Waals surface area contributed by atoms with E-state index in [0.29, 0.717) is 11.3 Å². The number of ether oxygens (including phenoxy) is 2. The van der Waals surface area contributed by atoms with Crippen molar-refractivity contribution in [1.82, 2.24) is 4.90 Å². The molecule has 1 aromatic carbocycles. The van der Waals surface area contributed by atoms with E-state index >= 15 is 0 Å². The monoisotopic (exact) mass is 407 g/mol. The molecule has 0 amide bonds. The van der Waals surface area contributed by atoms with E-state index < -0.39 is 34.0 Å². The zero-order chi connectivity index (χ0) is 19.8. The van der Waals surface area contributed by atoms with Gasteiger partial charge in [0.15, 0.2) is 0 Å². The van der Waals surface area contributed by atoms with Gasteiger partial charge in [-0.1, -0.05) is 18.2 Å². The summed E-state index contributed by atoms with van der Waals surface area (Å²) in [6, 6.07) is 3.89. The topological polar surface area (TPSA) is 102 Å². The normalized spacial score (nSPS) is 35.2. The Bertz CT molecular complexity index is 1000. The minimum atomic E-state index is -4.66. The van der Waals surface area contributed by atoms with Crippen molar-refractivity contribution in [3.05, 3.63) is 41.0 Å². The summed E-state index contributed by atoms with van der Waals surface area (Å²) in [4.78, 5) is 14.6. The van der Waals surface area contributed by atoms with E-state index in [0.717, 1.165) is 30.5 Å². The van der Waals surface area contributed by atoms with Gasteiger partial charge >= 0.3 is 16.4 Å². The molecule has 4 aliphatic rings. The van der Waals surface area contributed by atoms with Gasteiger partial charge in [0.25, 0.3) is 0 Å². The van der Waals surface area contributed by atoms with Crippen molar-refractivity contribution in [2.45, 2.75) is 36.5 Å². The summed E-state index contributed by atoms with van der Waals surface area (Å²) < 4.78 is 48.3. The highest BCUT2D eigenvalue weighted by Gasteiger charge is 2.65. The molecule has 150 valence electrons. The molecule has 0 saturated carbocycles. The van der Waals surface area contributed by atoms with Crippen LogP contribution >= 0.6 is 0 Å². The maximum Gasteiger partial charge on any atom is 0.398 e. The number of likely N-dealkylation sites (N-methyl/N-ethyl adjacent to an activating group) is 1. The average molecular weight is 407 g/mol. The predicted molar refractivity (Wildman–Crippen MR) is 97.7 cm³/mol. The molecule has 2 aliphatic heterocycles. The van der Waals surface area contributed by atoms with Gasteiger partial charge in [0.1, 0.15) is 23.5 Å². The number of hydrogen-bond donors (Lipinski definition) is 1.